The maximum absolute atomic E-state index is 11.7. The van der Waals surface area contributed by atoms with Crippen molar-refractivity contribution >= 4 is 23.7 Å². The van der Waals surface area contributed by atoms with E-state index in [0.717, 1.165) is 0 Å². The topological polar surface area (TPSA) is 137 Å². The summed E-state index contributed by atoms with van der Waals surface area (Å²) in [5.41, 5.74) is 5.06. The average Bonchev–Trinajstić information content (AvgIpc) is 2.35. The number of ether oxygens (including phenoxy) is 2. The molecule has 0 aliphatic rings. The molecule has 0 aromatic rings. The van der Waals surface area contributed by atoms with Crippen LogP contribution in [0.2, 0.25) is 0 Å². The summed E-state index contributed by atoms with van der Waals surface area (Å²) >= 11 is 0. The lowest BCUT2D eigenvalue weighted by Gasteiger charge is -2.18. The smallest absolute Gasteiger partial charge is 0.330 e. The quantitative estimate of drug-likeness (QED) is 0.429. The molecule has 0 saturated carbocycles. The van der Waals surface area contributed by atoms with Crippen molar-refractivity contribution in [1.29, 1.82) is 0 Å². The van der Waals surface area contributed by atoms with Gasteiger partial charge in [-0.15, -0.1) is 0 Å². The predicted molar refractivity (Wildman–Crippen MR) is 67.2 cm³/mol. The van der Waals surface area contributed by atoms with E-state index in [9.17, 15) is 19.2 Å². The van der Waals surface area contributed by atoms with E-state index in [1.54, 1.807) is 0 Å². The number of carbonyl (C=O) groups excluding carboxylic acids is 4. The Morgan fingerprint density at radius 3 is 2.10 bits per heavy atom. The first kappa shape index (κ1) is 17.8. The SMILES string of the molecule is COCC(NC(=O)C[C@H](NC(C)=O)C(N)=O)C(=O)OC. The second-order valence-corrected chi connectivity index (χ2v) is 3.96. The van der Waals surface area contributed by atoms with Gasteiger partial charge in [0.1, 0.15) is 6.04 Å². The van der Waals surface area contributed by atoms with Crippen molar-refractivity contribution < 1.29 is 28.7 Å². The molecule has 0 saturated heterocycles. The molecule has 0 aromatic carbocycles. The molecule has 9 nitrogen and oxygen atoms in total. The van der Waals surface area contributed by atoms with Crippen molar-refractivity contribution in [1.82, 2.24) is 10.6 Å². The number of carbonyl (C=O) groups is 4. The zero-order valence-electron chi connectivity index (χ0n) is 11.6. The molecule has 9 heteroatoms. The van der Waals surface area contributed by atoms with Gasteiger partial charge in [-0.1, -0.05) is 0 Å². The zero-order chi connectivity index (χ0) is 15.7. The molecule has 114 valence electrons. The number of primary amides is 1. The Morgan fingerprint density at radius 2 is 1.70 bits per heavy atom. The molecule has 3 amide bonds. The third-order valence-electron chi connectivity index (χ3n) is 2.26. The molecule has 2 atom stereocenters. The van der Waals surface area contributed by atoms with Crippen LogP contribution in [0, 0.1) is 0 Å². The van der Waals surface area contributed by atoms with Gasteiger partial charge in [-0.05, 0) is 0 Å². The van der Waals surface area contributed by atoms with Gasteiger partial charge < -0.3 is 25.8 Å². The minimum Gasteiger partial charge on any atom is -0.467 e. The van der Waals surface area contributed by atoms with Crippen molar-refractivity contribution in [2.75, 3.05) is 20.8 Å². The summed E-state index contributed by atoms with van der Waals surface area (Å²) in [6.45, 7) is 1.11. The number of hydrogen-bond donors (Lipinski definition) is 3. The Labute approximate surface area is 116 Å². The Bertz CT molecular complexity index is 384. The van der Waals surface area contributed by atoms with Crippen LogP contribution in [0.5, 0.6) is 0 Å². The maximum atomic E-state index is 11.7. The number of nitrogens with two attached hydrogens (primary N) is 1. The third-order valence-corrected chi connectivity index (χ3v) is 2.26. The van der Waals surface area contributed by atoms with E-state index in [-0.39, 0.29) is 13.0 Å². The van der Waals surface area contributed by atoms with Crippen LogP contribution in [0.3, 0.4) is 0 Å². The fourth-order valence-corrected chi connectivity index (χ4v) is 1.38. The molecular formula is C11H19N3O6. The number of esters is 1. The van der Waals surface area contributed by atoms with Gasteiger partial charge in [-0.2, -0.15) is 0 Å². The Kier molecular flexibility index (Phi) is 7.90. The maximum Gasteiger partial charge on any atom is 0.330 e. The monoisotopic (exact) mass is 289 g/mol. The molecule has 0 heterocycles. The summed E-state index contributed by atoms with van der Waals surface area (Å²) in [4.78, 5) is 45.0. The molecule has 0 radical (unpaired) electrons. The van der Waals surface area contributed by atoms with Gasteiger partial charge in [-0.25, -0.2) is 4.79 Å². The van der Waals surface area contributed by atoms with Crippen LogP contribution in [-0.4, -0.2) is 56.6 Å². The van der Waals surface area contributed by atoms with Gasteiger partial charge in [0.25, 0.3) is 0 Å². The van der Waals surface area contributed by atoms with E-state index >= 15 is 0 Å². The first-order valence-corrected chi connectivity index (χ1v) is 5.74. The lowest BCUT2D eigenvalue weighted by atomic mass is 10.1. The molecule has 0 aliphatic carbocycles. The largest absolute Gasteiger partial charge is 0.467 e. The highest BCUT2D eigenvalue weighted by Gasteiger charge is 2.25. The first-order chi connectivity index (χ1) is 9.31. The van der Waals surface area contributed by atoms with Crippen LogP contribution >= 0.6 is 0 Å². The molecule has 1 unspecified atom stereocenters. The molecule has 0 aliphatic heterocycles. The number of nitrogens with one attached hydrogen (secondary N) is 2. The van der Waals surface area contributed by atoms with Crippen molar-refractivity contribution in [3.05, 3.63) is 0 Å². The van der Waals surface area contributed by atoms with Crippen LogP contribution in [0.25, 0.3) is 0 Å². The second-order valence-electron chi connectivity index (χ2n) is 3.96. The summed E-state index contributed by atoms with van der Waals surface area (Å²) in [5, 5.41) is 4.57. The fraction of sp³-hybridized carbons (Fsp3) is 0.636. The molecule has 0 bridgehead atoms. The van der Waals surface area contributed by atoms with E-state index in [1.807, 2.05) is 0 Å². The summed E-state index contributed by atoms with van der Waals surface area (Å²) < 4.78 is 9.26. The van der Waals surface area contributed by atoms with Gasteiger partial charge in [0.2, 0.25) is 17.7 Å². The van der Waals surface area contributed by atoms with Crippen molar-refractivity contribution in [3.8, 4) is 0 Å². The molecule has 0 aromatic heterocycles. The van der Waals surface area contributed by atoms with E-state index in [0.29, 0.717) is 0 Å². The van der Waals surface area contributed by atoms with Crippen LogP contribution in [0.15, 0.2) is 0 Å². The van der Waals surface area contributed by atoms with Gasteiger partial charge in [-0.3, -0.25) is 14.4 Å². The van der Waals surface area contributed by atoms with Crippen LogP contribution in [0.4, 0.5) is 0 Å². The summed E-state index contributed by atoms with van der Waals surface area (Å²) in [6, 6.07) is -2.14. The normalized spacial score (nSPS) is 12.9. The highest BCUT2D eigenvalue weighted by atomic mass is 16.5. The lowest BCUT2D eigenvalue weighted by Crippen LogP contribution is -2.50. The third kappa shape index (κ3) is 6.69. The van der Waals surface area contributed by atoms with Gasteiger partial charge in [0.05, 0.1) is 20.1 Å². The standard InChI is InChI=1S/C11H19N3O6/c1-6(15)13-7(10(12)17)4-9(16)14-8(5-19-2)11(18)20-3/h7-8H,4-5H2,1-3H3,(H2,12,17)(H,13,15)(H,14,16)/t7-,8?/m0/s1. The van der Waals surface area contributed by atoms with Gasteiger partial charge >= 0.3 is 5.97 Å². The highest BCUT2D eigenvalue weighted by Crippen LogP contribution is 1.96. The zero-order valence-corrected chi connectivity index (χ0v) is 11.6. The van der Waals surface area contributed by atoms with Crippen molar-refractivity contribution in [3.63, 3.8) is 0 Å². The van der Waals surface area contributed by atoms with Crippen LogP contribution in [0.1, 0.15) is 13.3 Å². The van der Waals surface area contributed by atoms with E-state index in [4.69, 9.17) is 10.5 Å². The number of methoxy groups -OCH3 is 2. The molecular weight excluding hydrogens is 270 g/mol. The molecule has 20 heavy (non-hydrogen) atoms. The Hall–Kier alpha value is -2.16. The number of amides is 3. The Balaban J connectivity index is 4.59. The molecule has 4 N–H and O–H groups in total. The second kappa shape index (κ2) is 8.86. The van der Waals surface area contributed by atoms with E-state index < -0.39 is 35.8 Å². The number of rotatable bonds is 8. The highest BCUT2D eigenvalue weighted by molar-refractivity contribution is 5.92. The molecule has 0 rings (SSSR count). The average molecular weight is 289 g/mol. The first-order valence-electron chi connectivity index (χ1n) is 5.74. The minimum absolute atomic E-state index is 0.0835. The minimum atomic E-state index is -1.15. The van der Waals surface area contributed by atoms with Crippen LogP contribution < -0.4 is 16.4 Å². The summed E-state index contributed by atoms with van der Waals surface area (Å²) in [5.74, 6) is -2.68. The Morgan fingerprint density at radius 1 is 1.10 bits per heavy atom. The van der Waals surface area contributed by atoms with Gasteiger partial charge in [0.15, 0.2) is 6.04 Å². The van der Waals surface area contributed by atoms with E-state index in [1.165, 1.54) is 21.1 Å². The predicted octanol–water partition coefficient (Wildman–Crippen LogP) is -2.33. The molecule has 0 spiro atoms. The van der Waals surface area contributed by atoms with E-state index in [2.05, 4.69) is 15.4 Å². The van der Waals surface area contributed by atoms with Gasteiger partial charge in [0, 0.05) is 14.0 Å². The lowest BCUT2D eigenvalue weighted by molar-refractivity contribution is -0.146. The van der Waals surface area contributed by atoms with Crippen molar-refractivity contribution in [2.24, 2.45) is 5.73 Å². The summed E-state index contributed by atoms with van der Waals surface area (Å²) in [6.07, 6.45) is -0.383. The van der Waals surface area contributed by atoms with Crippen molar-refractivity contribution in [2.45, 2.75) is 25.4 Å². The summed E-state index contributed by atoms with van der Waals surface area (Å²) in [7, 11) is 2.52. The fourth-order valence-electron chi connectivity index (χ4n) is 1.38. The molecule has 0 fully saturated rings. The number of hydrogen-bond acceptors (Lipinski definition) is 6. The van der Waals surface area contributed by atoms with Crippen LogP contribution in [-0.2, 0) is 28.7 Å².